The summed E-state index contributed by atoms with van der Waals surface area (Å²) in [5.74, 6) is 1.94. The minimum absolute atomic E-state index is 0.0195. The first kappa shape index (κ1) is 13.1. The van der Waals surface area contributed by atoms with Crippen molar-refractivity contribution in [1.29, 1.82) is 0 Å². The lowest BCUT2D eigenvalue weighted by Crippen LogP contribution is -2.35. The molecule has 1 aliphatic heterocycles. The maximum absolute atomic E-state index is 11.2. The van der Waals surface area contributed by atoms with Crippen LogP contribution in [-0.4, -0.2) is 44.4 Å². The van der Waals surface area contributed by atoms with Crippen molar-refractivity contribution < 1.29 is 9.21 Å². The summed E-state index contributed by atoms with van der Waals surface area (Å²) in [4.78, 5) is 15.7. The van der Waals surface area contributed by atoms with Crippen molar-refractivity contribution in [2.45, 2.75) is 19.8 Å². The molecule has 4 heteroatoms. The van der Waals surface area contributed by atoms with Crippen LogP contribution in [0.1, 0.15) is 30.3 Å². The quantitative estimate of drug-likeness (QED) is 0.768. The summed E-state index contributed by atoms with van der Waals surface area (Å²) in [6, 6.07) is 3.63. The minimum atomic E-state index is -0.0195. The topological polar surface area (TPSA) is 36.7 Å². The maximum Gasteiger partial charge on any atom is 0.196 e. The summed E-state index contributed by atoms with van der Waals surface area (Å²) in [5.41, 5.74) is 0. The highest BCUT2D eigenvalue weighted by atomic mass is 16.4. The van der Waals surface area contributed by atoms with E-state index in [9.17, 15) is 4.79 Å². The second kappa shape index (κ2) is 5.57. The molecule has 0 bridgehead atoms. The van der Waals surface area contributed by atoms with Gasteiger partial charge in [0, 0.05) is 26.6 Å². The Hall–Kier alpha value is -1.29. The Morgan fingerprint density at radius 2 is 2.11 bits per heavy atom. The molecule has 0 unspecified atom stereocenters. The molecule has 1 saturated heterocycles. The number of hydrogen-bond acceptors (Lipinski definition) is 4. The lowest BCUT2D eigenvalue weighted by molar-refractivity contribution is 0.0987. The highest BCUT2D eigenvalue weighted by Gasteiger charge is 2.19. The molecule has 0 aliphatic carbocycles. The Bertz CT molecular complexity index is 406. The van der Waals surface area contributed by atoms with Gasteiger partial charge >= 0.3 is 0 Å². The first-order valence-electron chi connectivity index (χ1n) is 6.56. The molecule has 0 saturated carbocycles. The van der Waals surface area contributed by atoms with E-state index in [0.29, 0.717) is 5.76 Å². The van der Waals surface area contributed by atoms with Crippen LogP contribution in [0.5, 0.6) is 0 Å². The third kappa shape index (κ3) is 3.13. The Kier molecular flexibility index (Phi) is 4.07. The highest BCUT2D eigenvalue weighted by Crippen LogP contribution is 2.22. The number of furan rings is 1. The summed E-state index contributed by atoms with van der Waals surface area (Å²) in [6.45, 7) is 4.88. The summed E-state index contributed by atoms with van der Waals surface area (Å²) in [6.07, 6.45) is 2.47. The minimum Gasteiger partial charge on any atom is -0.437 e. The Morgan fingerprint density at radius 3 is 2.67 bits per heavy atom. The molecule has 2 rings (SSSR count). The predicted octanol–water partition coefficient (Wildman–Crippen LogP) is 2.26. The molecule has 4 nitrogen and oxygen atoms in total. The van der Waals surface area contributed by atoms with E-state index in [1.807, 2.05) is 13.1 Å². The van der Waals surface area contributed by atoms with E-state index in [0.717, 1.165) is 18.3 Å². The van der Waals surface area contributed by atoms with Crippen LogP contribution in [0, 0.1) is 5.92 Å². The number of rotatable bonds is 4. The van der Waals surface area contributed by atoms with E-state index >= 15 is 0 Å². The number of carbonyl (C=O) groups excluding carboxylic acids is 1. The third-order valence-electron chi connectivity index (χ3n) is 3.69. The van der Waals surface area contributed by atoms with Crippen LogP contribution in [0.25, 0.3) is 0 Å². The Labute approximate surface area is 109 Å². The van der Waals surface area contributed by atoms with Gasteiger partial charge in [0.1, 0.15) is 0 Å². The number of anilines is 1. The molecule has 18 heavy (non-hydrogen) atoms. The first-order valence-corrected chi connectivity index (χ1v) is 6.56. The molecule has 2 heterocycles. The molecular formula is C14H22N2O2. The van der Waals surface area contributed by atoms with Gasteiger partial charge in [0.05, 0.1) is 0 Å². The zero-order valence-electron chi connectivity index (χ0n) is 11.5. The van der Waals surface area contributed by atoms with Crippen LogP contribution in [0.15, 0.2) is 16.5 Å². The van der Waals surface area contributed by atoms with Gasteiger partial charge in [-0.3, -0.25) is 4.79 Å². The van der Waals surface area contributed by atoms with Crippen LogP contribution in [0.2, 0.25) is 0 Å². The fourth-order valence-electron chi connectivity index (χ4n) is 2.44. The second-order valence-corrected chi connectivity index (χ2v) is 5.32. The van der Waals surface area contributed by atoms with Gasteiger partial charge in [-0.1, -0.05) is 0 Å². The van der Waals surface area contributed by atoms with E-state index in [-0.39, 0.29) is 5.78 Å². The molecule has 0 atom stereocenters. The lowest BCUT2D eigenvalue weighted by Gasteiger charge is -2.31. The second-order valence-electron chi connectivity index (χ2n) is 5.32. The number of carbonyl (C=O) groups is 1. The largest absolute Gasteiger partial charge is 0.437 e. The standard InChI is InChI=1S/C14H22N2O2/c1-11(17)13-4-5-14(18-13)16(3)10-12-6-8-15(2)9-7-12/h4-5,12H,6-10H2,1-3H3. The van der Waals surface area contributed by atoms with Gasteiger partial charge in [0.15, 0.2) is 17.4 Å². The van der Waals surface area contributed by atoms with E-state index in [1.165, 1.54) is 32.9 Å². The summed E-state index contributed by atoms with van der Waals surface area (Å²) >= 11 is 0. The van der Waals surface area contributed by atoms with Gasteiger partial charge in [0.25, 0.3) is 0 Å². The average molecular weight is 250 g/mol. The zero-order chi connectivity index (χ0) is 13.1. The summed E-state index contributed by atoms with van der Waals surface area (Å²) in [5, 5.41) is 0. The van der Waals surface area contributed by atoms with Gasteiger partial charge < -0.3 is 14.2 Å². The van der Waals surface area contributed by atoms with Crippen LogP contribution in [0.4, 0.5) is 5.88 Å². The van der Waals surface area contributed by atoms with Crippen molar-refractivity contribution in [2.24, 2.45) is 5.92 Å². The molecule has 1 fully saturated rings. The Morgan fingerprint density at radius 1 is 1.44 bits per heavy atom. The van der Waals surface area contributed by atoms with Gasteiger partial charge in [-0.05, 0) is 45.0 Å². The molecule has 1 aromatic rings. The van der Waals surface area contributed by atoms with Crippen molar-refractivity contribution in [1.82, 2.24) is 4.90 Å². The fourth-order valence-corrected chi connectivity index (χ4v) is 2.44. The predicted molar refractivity (Wildman–Crippen MR) is 72.2 cm³/mol. The maximum atomic E-state index is 11.2. The Balaban J connectivity index is 1.90. The van der Waals surface area contributed by atoms with Crippen LogP contribution in [-0.2, 0) is 0 Å². The van der Waals surface area contributed by atoms with E-state index in [4.69, 9.17) is 4.42 Å². The number of hydrogen-bond donors (Lipinski definition) is 0. The molecular weight excluding hydrogens is 228 g/mol. The SMILES string of the molecule is CC(=O)c1ccc(N(C)CC2CCN(C)CC2)o1. The molecule has 0 aromatic carbocycles. The van der Waals surface area contributed by atoms with Crippen molar-refractivity contribution in [3.8, 4) is 0 Å². The number of ketones is 1. The van der Waals surface area contributed by atoms with Gasteiger partial charge in [-0.25, -0.2) is 0 Å². The monoisotopic (exact) mass is 250 g/mol. The van der Waals surface area contributed by atoms with Crippen molar-refractivity contribution in [3.05, 3.63) is 17.9 Å². The number of likely N-dealkylation sites (tertiary alicyclic amines) is 1. The van der Waals surface area contributed by atoms with Gasteiger partial charge in [0.2, 0.25) is 0 Å². The highest BCUT2D eigenvalue weighted by molar-refractivity contribution is 5.91. The van der Waals surface area contributed by atoms with Gasteiger partial charge in [-0.15, -0.1) is 0 Å². The third-order valence-corrected chi connectivity index (χ3v) is 3.69. The zero-order valence-corrected chi connectivity index (χ0v) is 11.5. The number of piperidine rings is 1. The van der Waals surface area contributed by atoms with Crippen LogP contribution in [0.3, 0.4) is 0 Å². The summed E-state index contributed by atoms with van der Waals surface area (Å²) in [7, 11) is 4.20. The van der Waals surface area contributed by atoms with E-state index in [1.54, 1.807) is 6.07 Å². The van der Waals surface area contributed by atoms with E-state index < -0.39 is 0 Å². The molecule has 0 amide bonds. The van der Waals surface area contributed by atoms with Crippen molar-refractivity contribution >= 4 is 11.7 Å². The van der Waals surface area contributed by atoms with Crippen LogP contribution >= 0.6 is 0 Å². The fraction of sp³-hybridized carbons (Fsp3) is 0.643. The van der Waals surface area contributed by atoms with Gasteiger partial charge in [-0.2, -0.15) is 0 Å². The molecule has 0 radical (unpaired) electrons. The molecule has 1 aromatic heterocycles. The first-order chi connectivity index (χ1) is 8.56. The lowest BCUT2D eigenvalue weighted by atomic mass is 9.97. The molecule has 0 spiro atoms. The van der Waals surface area contributed by atoms with Crippen molar-refractivity contribution in [3.63, 3.8) is 0 Å². The van der Waals surface area contributed by atoms with Crippen molar-refractivity contribution in [2.75, 3.05) is 38.6 Å². The smallest absolute Gasteiger partial charge is 0.196 e. The normalized spacial score (nSPS) is 17.9. The summed E-state index contributed by atoms with van der Waals surface area (Å²) < 4.78 is 5.54. The number of nitrogens with zero attached hydrogens (tertiary/aromatic N) is 2. The molecule has 0 N–H and O–H groups in total. The number of Topliss-reactive ketones (excluding diaryl/α,β-unsaturated/α-hetero) is 1. The average Bonchev–Trinajstić information content (AvgIpc) is 2.81. The van der Waals surface area contributed by atoms with Crippen LogP contribution < -0.4 is 4.90 Å². The van der Waals surface area contributed by atoms with E-state index in [2.05, 4.69) is 16.8 Å². The molecule has 100 valence electrons. The molecule has 1 aliphatic rings.